The number of carboxylic acid groups (broad SMARTS) is 1. The zero-order valence-corrected chi connectivity index (χ0v) is 18.9. The predicted molar refractivity (Wildman–Crippen MR) is 117 cm³/mol. The molecule has 1 saturated heterocycles. The molecule has 1 amide bonds. The second kappa shape index (κ2) is 10.1. The molecule has 0 radical (unpaired) electrons. The van der Waals surface area contributed by atoms with Crippen LogP contribution in [0.5, 0.6) is 0 Å². The topological polar surface area (TPSA) is 157 Å². The molecule has 2 fully saturated rings. The van der Waals surface area contributed by atoms with Crippen LogP contribution < -0.4 is 5.32 Å². The van der Waals surface area contributed by atoms with Crippen molar-refractivity contribution in [1.82, 2.24) is 5.32 Å². The second-order valence-corrected chi connectivity index (χ2v) is 10.4. The fourth-order valence-corrected chi connectivity index (χ4v) is 5.93. The summed E-state index contributed by atoms with van der Waals surface area (Å²) in [7, 11) is 0. The number of carbonyl (C=O) groups is 2. The first-order valence-electron chi connectivity index (χ1n) is 10.6. The van der Waals surface area contributed by atoms with E-state index in [0.29, 0.717) is 12.8 Å². The van der Waals surface area contributed by atoms with E-state index in [4.69, 9.17) is 4.74 Å². The number of rotatable bonds is 6. The number of benzene rings is 1. The third-order valence-electron chi connectivity index (χ3n) is 6.39. The molecule has 2 aliphatic rings. The van der Waals surface area contributed by atoms with Crippen LogP contribution in [-0.2, 0) is 4.74 Å². The quantitative estimate of drug-likeness (QED) is 0.351. The molecule has 0 bridgehead atoms. The third-order valence-corrected chi connectivity index (χ3v) is 8.21. The van der Waals surface area contributed by atoms with Crippen LogP contribution in [0.2, 0.25) is 0 Å². The molecule has 1 aromatic carbocycles. The highest BCUT2D eigenvalue weighted by atomic mass is 32.2. The van der Waals surface area contributed by atoms with Gasteiger partial charge < -0.3 is 35.6 Å². The fraction of sp³-hybridized carbons (Fsp3) is 0.636. The average Bonchev–Trinajstić information content (AvgIpc) is 2.76. The van der Waals surface area contributed by atoms with Crippen molar-refractivity contribution in [2.24, 2.45) is 5.41 Å². The lowest BCUT2D eigenvalue weighted by molar-refractivity contribution is -0.205. The highest BCUT2D eigenvalue weighted by molar-refractivity contribution is 8.00. The van der Waals surface area contributed by atoms with Crippen molar-refractivity contribution in [2.45, 2.75) is 74.3 Å². The van der Waals surface area contributed by atoms with E-state index in [1.54, 1.807) is 12.1 Å². The van der Waals surface area contributed by atoms with Gasteiger partial charge in [0.2, 0.25) is 0 Å². The summed E-state index contributed by atoms with van der Waals surface area (Å²) in [6.07, 6.45) is -3.12. The maximum absolute atomic E-state index is 12.8. The summed E-state index contributed by atoms with van der Waals surface area (Å²) >= 11 is 1.32. The molecule has 1 aliphatic carbocycles. The molecule has 1 heterocycles. The molecular weight excluding hydrogens is 438 g/mol. The van der Waals surface area contributed by atoms with E-state index in [2.05, 4.69) is 19.2 Å². The van der Waals surface area contributed by atoms with Gasteiger partial charge in [-0.25, -0.2) is 4.79 Å². The number of carboxylic acids is 1. The van der Waals surface area contributed by atoms with Crippen LogP contribution in [0, 0.1) is 5.41 Å². The Labute approximate surface area is 190 Å². The number of thioether (sulfide) groups is 1. The van der Waals surface area contributed by atoms with Gasteiger partial charge in [-0.05, 0) is 36.8 Å². The molecule has 0 aromatic heterocycles. The average molecular weight is 470 g/mol. The Kier molecular flexibility index (Phi) is 7.85. The Morgan fingerprint density at radius 2 is 1.78 bits per heavy atom. The summed E-state index contributed by atoms with van der Waals surface area (Å²) in [5.41, 5.74) is -0.975. The second-order valence-electron chi connectivity index (χ2n) is 9.11. The summed E-state index contributed by atoms with van der Waals surface area (Å²) < 4.78 is 5.65. The molecule has 3 rings (SSSR count). The number of nitrogens with one attached hydrogen (secondary N) is 1. The van der Waals surface area contributed by atoms with Crippen LogP contribution in [0.15, 0.2) is 24.3 Å². The van der Waals surface area contributed by atoms with E-state index >= 15 is 0 Å². The highest BCUT2D eigenvalue weighted by Crippen LogP contribution is 2.46. The van der Waals surface area contributed by atoms with E-state index in [9.17, 15) is 35.1 Å². The molecule has 3 unspecified atom stereocenters. The van der Waals surface area contributed by atoms with Crippen molar-refractivity contribution in [3.8, 4) is 0 Å². The number of hydrogen-bond donors (Lipinski definition) is 6. The molecule has 1 saturated carbocycles. The monoisotopic (exact) mass is 469 g/mol. The molecule has 32 heavy (non-hydrogen) atoms. The number of ether oxygens (including phenoxy) is 1. The van der Waals surface area contributed by atoms with E-state index in [1.165, 1.54) is 23.9 Å². The van der Waals surface area contributed by atoms with Crippen molar-refractivity contribution in [1.29, 1.82) is 0 Å². The van der Waals surface area contributed by atoms with Gasteiger partial charge in [0, 0.05) is 11.3 Å². The smallest absolute Gasteiger partial charge is 0.336 e. The largest absolute Gasteiger partial charge is 0.478 e. The lowest BCUT2D eigenvalue weighted by Crippen LogP contribution is -2.58. The molecule has 1 aromatic rings. The van der Waals surface area contributed by atoms with Gasteiger partial charge >= 0.3 is 5.97 Å². The van der Waals surface area contributed by atoms with E-state index in [0.717, 1.165) is 6.42 Å². The molecule has 0 spiro atoms. The number of hydrogen-bond acceptors (Lipinski definition) is 8. The number of aliphatic hydroxyl groups is 4. The van der Waals surface area contributed by atoms with Crippen LogP contribution in [0.25, 0.3) is 0 Å². The van der Waals surface area contributed by atoms with Gasteiger partial charge in [-0.3, -0.25) is 4.79 Å². The zero-order chi connectivity index (χ0) is 23.6. The van der Waals surface area contributed by atoms with Gasteiger partial charge in [0.25, 0.3) is 5.91 Å². The summed E-state index contributed by atoms with van der Waals surface area (Å²) in [6.45, 7) is 3.66. The molecule has 1 aliphatic heterocycles. The maximum atomic E-state index is 12.8. The summed E-state index contributed by atoms with van der Waals surface area (Å²) in [5, 5.41) is 52.1. The minimum absolute atomic E-state index is 0.0617. The minimum atomic E-state index is -1.44. The minimum Gasteiger partial charge on any atom is -0.478 e. The molecule has 7 atom stereocenters. The number of carbonyl (C=O) groups excluding carboxylic acids is 1. The van der Waals surface area contributed by atoms with Gasteiger partial charge in [0.15, 0.2) is 0 Å². The van der Waals surface area contributed by atoms with E-state index in [1.807, 2.05) is 0 Å². The van der Waals surface area contributed by atoms with Gasteiger partial charge in [-0.1, -0.05) is 26.0 Å². The molecule has 178 valence electrons. The van der Waals surface area contributed by atoms with Crippen molar-refractivity contribution in [2.75, 3.05) is 6.61 Å². The molecule has 6 N–H and O–H groups in total. The van der Waals surface area contributed by atoms with Crippen molar-refractivity contribution < 1.29 is 39.9 Å². The van der Waals surface area contributed by atoms with E-state index < -0.39 is 48.3 Å². The summed E-state index contributed by atoms with van der Waals surface area (Å²) in [5.74, 6) is -1.62. The Hall–Kier alpha value is -1.69. The van der Waals surface area contributed by atoms with Crippen molar-refractivity contribution in [3.63, 3.8) is 0 Å². The Bertz CT molecular complexity index is 832. The first kappa shape index (κ1) is 24.9. The highest BCUT2D eigenvalue weighted by Gasteiger charge is 2.47. The van der Waals surface area contributed by atoms with Crippen molar-refractivity contribution >= 4 is 23.6 Å². The first-order chi connectivity index (χ1) is 15.0. The lowest BCUT2D eigenvalue weighted by Gasteiger charge is -2.46. The molecular formula is C22H31NO8S. The molecule has 10 heteroatoms. The van der Waals surface area contributed by atoms with Gasteiger partial charge in [0.05, 0.1) is 17.7 Å². The molecule has 9 nitrogen and oxygen atoms in total. The standard InChI is InChI=1S/C22H31NO8S/c1-22(2)8-7-11(23-19(28)12-5-3-4-6-13(12)20(29)30)9-15(22)32-21-18(27)17(26)16(25)14(10-24)31-21/h3-6,11,14-18,21,24-27H,7-10H2,1-2H3,(H,23,28)(H,29,30)/t11?,14-,15?,16+,17+,18-,21?/m1/s1. The van der Waals surface area contributed by atoms with Gasteiger partial charge in [-0.2, -0.15) is 0 Å². The zero-order valence-electron chi connectivity index (χ0n) is 18.0. The number of aliphatic hydroxyl groups excluding tert-OH is 4. The van der Waals surface area contributed by atoms with Crippen LogP contribution in [0.4, 0.5) is 0 Å². The predicted octanol–water partition coefficient (Wildman–Crippen LogP) is 0.595. The van der Waals surface area contributed by atoms with Crippen molar-refractivity contribution in [3.05, 3.63) is 35.4 Å². The Morgan fingerprint density at radius 1 is 1.12 bits per heavy atom. The SMILES string of the molecule is CC1(C)CCC(NC(=O)c2ccccc2C(=O)O)CC1SC1O[C@H](CO)[C@H](O)[C@H](O)[C@H]1O. The van der Waals surface area contributed by atoms with E-state index in [-0.39, 0.29) is 27.8 Å². The fourth-order valence-electron chi connectivity index (χ4n) is 4.25. The Morgan fingerprint density at radius 3 is 2.41 bits per heavy atom. The number of amides is 1. The summed E-state index contributed by atoms with van der Waals surface area (Å²) in [6, 6.07) is 5.84. The summed E-state index contributed by atoms with van der Waals surface area (Å²) in [4.78, 5) is 24.2. The Balaban J connectivity index is 1.70. The maximum Gasteiger partial charge on any atom is 0.336 e. The van der Waals surface area contributed by atoms with Gasteiger partial charge in [-0.15, -0.1) is 11.8 Å². The van der Waals surface area contributed by atoms with Crippen LogP contribution in [0.3, 0.4) is 0 Å². The first-order valence-corrected chi connectivity index (χ1v) is 11.6. The third kappa shape index (κ3) is 5.27. The van der Waals surface area contributed by atoms with Crippen LogP contribution in [-0.4, -0.2) is 85.2 Å². The van der Waals surface area contributed by atoms with Gasteiger partial charge in [0.1, 0.15) is 29.9 Å². The number of aromatic carboxylic acids is 1. The van der Waals surface area contributed by atoms with Crippen LogP contribution >= 0.6 is 11.8 Å². The lowest BCUT2D eigenvalue weighted by atomic mass is 9.75. The van der Waals surface area contributed by atoms with Crippen LogP contribution in [0.1, 0.15) is 53.8 Å². The normalized spacial score (nSPS) is 34.6.